The number of nitro groups is 1. The minimum atomic E-state index is -0.478. The van der Waals surface area contributed by atoms with Crippen LogP contribution in [0.5, 0.6) is 0 Å². The van der Waals surface area contributed by atoms with E-state index in [4.69, 9.17) is 4.74 Å². The molecule has 1 aromatic rings. The number of benzene rings is 1. The van der Waals surface area contributed by atoms with Crippen LogP contribution in [0.3, 0.4) is 0 Å². The molecular weight excluding hydrogens is 282 g/mol. The van der Waals surface area contributed by atoms with Crippen LogP contribution in [-0.4, -0.2) is 17.0 Å². The van der Waals surface area contributed by atoms with Gasteiger partial charge in [0.15, 0.2) is 0 Å². The number of fused-ring (bicyclic) bond motifs is 2. The molecule has 0 heterocycles. The van der Waals surface area contributed by atoms with E-state index in [2.05, 4.69) is 20.8 Å². The third-order valence-electron chi connectivity index (χ3n) is 6.28. The summed E-state index contributed by atoms with van der Waals surface area (Å²) in [6.07, 6.45) is 3.14. The van der Waals surface area contributed by atoms with E-state index in [9.17, 15) is 14.9 Å². The van der Waals surface area contributed by atoms with E-state index < -0.39 is 4.92 Å². The van der Waals surface area contributed by atoms with Gasteiger partial charge >= 0.3 is 5.97 Å². The van der Waals surface area contributed by atoms with Crippen molar-refractivity contribution in [1.82, 2.24) is 0 Å². The van der Waals surface area contributed by atoms with Crippen molar-refractivity contribution >= 4 is 11.7 Å². The van der Waals surface area contributed by atoms with Crippen LogP contribution in [0.25, 0.3) is 0 Å². The molecule has 1 aromatic carbocycles. The van der Waals surface area contributed by atoms with Gasteiger partial charge in [-0.3, -0.25) is 10.1 Å². The van der Waals surface area contributed by atoms with Gasteiger partial charge in [-0.1, -0.05) is 20.8 Å². The Hall–Kier alpha value is -1.91. The van der Waals surface area contributed by atoms with E-state index in [1.54, 1.807) is 0 Å². The van der Waals surface area contributed by atoms with Crippen molar-refractivity contribution in [3.05, 3.63) is 39.9 Å². The second kappa shape index (κ2) is 4.80. The van der Waals surface area contributed by atoms with Gasteiger partial charge in [-0.25, -0.2) is 4.79 Å². The predicted octanol–water partition coefficient (Wildman–Crippen LogP) is 3.97. The van der Waals surface area contributed by atoms with Crippen LogP contribution in [0.2, 0.25) is 0 Å². The van der Waals surface area contributed by atoms with Gasteiger partial charge in [0, 0.05) is 17.5 Å². The molecule has 2 aliphatic carbocycles. The molecule has 3 rings (SSSR count). The highest BCUT2D eigenvalue weighted by molar-refractivity contribution is 5.89. The third kappa shape index (κ3) is 2.02. The van der Waals surface area contributed by atoms with E-state index in [1.165, 1.54) is 30.7 Å². The maximum absolute atomic E-state index is 12.3. The van der Waals surface area contributed by atoms with Gasteiger partial charge in [0.05, 0.1) is 10.5 Å². The summed E-state index contributed by atoms with van der Waals surface area (Å²) in [6, 6.07) is 5.59. The molecule has 2 saturated carbocycles. The summed E-state index contributed by atoms with van der Waals surface area (Å²) < 4.78 is 5.76. The molecule has 5 heteroatoms. The standard InChI is InChI=1S/C17H21NO4/c1-16(2)12-8-9-17(16,3)14(10-12)22-15(19)11-4-6-13(7-5-11)18(20)21/h4-7,12,14H,8-10H2,1-3H3/t12-,14-,17-/m1/s1. The first-order valence-electron chi connectivity index (χ1n) is 7.71. The van der Waals surface area contributed by atoms with Gasteiger partial charge in [0.2, 0.25) is 0 Å². The Bertz CT molecular complexity index is 622. The van der Waals surface area contributed by atoms with Gasteiger partial charge in [-0.15, -0.1) is 0 Å². The second-order valence-corrected chi connectivity index (χ2v) is 7.31. The van der Waals surface area contributed by atoms with Crippen molar-refractivity contribution in [2.24, 2.45) is 16.7 Å². The summed E-state index contributed by atoms with van der Waals surface area (Å²) >= 11 is 0. The highest BCUT2D eigenvalue weighted by atomic mass is 16.6. The Labute approximate surface area is 129 Å². The number of esters is 1. The largest absolute Gasteiger partial charge is 0.458 e. The topological polar surface area (TPSA) is 69.4 Å². The fraction of sp³-hybridized carbons (Fsp3) is 0.588. The fourth-order valence-electron chi connectivity index (χ4n) is 4.22. The predicted molar refractivity (Wildman–Crippen MR) is 81.5 cm³/mol. The smallest absolute Gasteiger partial charge is 0.338 e. The molecule has 2 bridgehead atoms. The Morgan fingerprint density at radius 1 is 1.27 bits per heavy atom. The molecule has 0 N–H and O–H groups in total. The van der Waals surface area contributed by atoms with Crippen molar-refractivity contribution < 1.29 is 14.5 Å². The van der Waals surface area contributed by atoms with Crippen molar-refractivity contribution in [2.45, 2.75) is 46.1 Å². The molecule has 22 heavy (non-hydrogen) atoms. The molecule has 0 amide bonds. The quantitative estimate of drug-likeness (QED) is 0.481. The molecular formula is C17H21NO4. The molecule has 0 saturated heterocycles. The van der Waals surface area contributed by atoms with Crippen LogP contribution in [-0.2, 0) is 4.74 Å². The first kappa shape index (κ1) is 15.0. The van der Waals surface area contributed by atoms with Crippen LogP contribution >= 0.6 is 0 Å². The number of non-ortho nitro benzene ring substituents is 1. The molecule has 2 aliphatic rings. The number of rotatable bonds is 3. The average Bonchev–Trinajstić information content (AvgIpc) is 2.80. The lowest BCUT2D eigenvalue weighted by Crippen LogP contribution is -2.38. The number of nitrogens with zero attached hydrogens (tertiary/aromatic N) is 1. The number of ether oxygens (including phenoxy) is 1. The van der Waals surface area contributed by atoms with Crippen LogP contribution in [0.1, 0.15) is 50.4 Å². The van der Waals surface area contributed by atoms with Crippen molar-refractivity contribution in [2.75, 3.05) is 0 Å². The summed E-state index contributed by atoms with van der Waals surface area (Å²) in [6.45, 7) is 6.75. The summed E-state index contributed by atoms with van der Waals surface area (Å²) in [5.74, 6) is 0.219. The number of hydrogen-bond acceptors (Lipinski definition) is 4. The first-order valence-corrected chi connectivity index (χ1v) is 7.71. The van der Waals surface area contributed by atoms with Gasteiger partial charge in [-0.2, -0.15) is 0 Å². The zero-order chi connectivity index (χ0) is 16.1. The first-order chi connectivity index (χ1) is 10.3. The van der Waals surface area contributed by atoms with Crippen LogP contribution in [0.4, 0.5) is 5.69 Å². The third-order valence-corrected chi connectivity index (χ3v) is 6.28. The molecule has 5 nitrogen and oxygen atoms in total. The van der Waals surface area contributed by atoms with E-state index >= 15 is 0 Å². The molecule has 0 aromatic heterocycles. The molecule has 0 aliphatic heterocycles. The molecule has 0 unspecified atom stereocenters. The van der Waals surface area contributed by atoms with Crippen LogP contribution in [0.15, 0.2) is 24.3 Å². The number of hydrogen-bond donors (Lipinski definition) is 0. The zero-order valence-electron chi connectivity index (χ0n) is 13.2. The SMILES string of the molecule is CC1(C)[C@@H]2CC[C@]1(C)[C@H](OC(=O)c1ccc([N+](=O)[O-])cc1)C2. The Kier molecular flexibility index (Phi) is 3.27. The van der Waals surface area contributed by atoms with E-state index in [0.717, 1.165) is 12.8 Å². The van der Waals surface area contributed by atoms with E-state index in [0.29, 0.717) is 11.5 Å². The lowest BCUT2D eigenvalue weighted by Gasteiger charge is -2.38. The summed E-state index contributed by atoms with van der Waals surface area (Å²) in [4.78, 5) is 22.5. The molecule has 0 radical (unpaired) electrons. The van der Waals surface area contributed by atoms with Crippen molar-refractivity contribution in [3.63, 3.8) is 0 Å². The van der Waals surface area contributed by atoms with Crippen LogP contribution < -0.4 is 0 Å². The van der Waals surface area contributed by atoms with Crippen molar-refractivity contribution in [3.8, 4) is 0 Å². The number of nitro benzene ring substituents is 1. The zero-order valence-corrected chi connectivity index (χ0v) is 13.2. The molecule has 2 fully saturated rings. The summed E-state index contributed by atoms with van der Waals surface area (Å²) in [5, 5.41) is 10.7. The van der Waals surface area contributed by atoms with Gasteiger partial charge in [0.25, 0.3) is 5.69 Å². The Morgan fingerprint density at radius 2 is 1.91 bits per heavy atom. The molecule has 3 atom stereocenters. The van der Waals surface area contributed by atoms with Crippen molar-refractivity contribution in [1.29, 1.82) is 0 Å². The lowest BCUT2D eigenvalue weighted by atomic mass is 9.70. The minimum Gasteiger partial charge on any atom is -0.458 e. The maximum atomic E-state index is 12.3. The Morgan fingerprint density at radius 3 is 2.36 bits per heavy atom. The molecule has 118 valence electrons. The van der Waals surface area contributed by atoms with E-state index in [-0.39, 0.29) is 28.6 Å². The highest BCUT2D eigenvalue weighted by Crippen LogP contribution is 2.66. The Balaban J connectivity index is 1.74. The fourth-order valence-corrected chi connectivity index (χ4v) is 4.22. The highest BCUT2D eigenvalue weighted by Gasteiger charge is 2.62. The number of carbonyl (C=O) groups excluding carboxylic acids is 1. The second-order valence-electron chi connectivity index (χ2n) is 7.31. The van der Waals surface area contributed by atoms with E-state index in [1.807, 2.05) is 0 Å². The summed E-state index contributed by atoms with van der Waals surface area (Å²) in [5.41, 5.74) is 0.556. The minimum absolute atomic E-state index is 0.0219. The number of carbonyl (C=O) groups is 1. The monoisotopic (exact) mass is 303 g/mol. The molecule has 0 spiro atoms. The van der Waals surface area contributed by atoms with Crippen LogP contribution in [0, 0.1) is 26.9 Å². The average molecular weight is 303 g/mol. The van der Waals surface area contributed by atoms with Gasteiger partial charge in [-0.05, 0) is 42.7 Å². The lowest BCUT2D eigenvalue weighted by molar-refractivity contribution is -0.384. The normalized spacial score (nSPS) is 32.0. The summed E-state index contributed by atoms with van der Waals surface area (Å²) in [7, 11) is 0. The van der Waals surface area contributed by atoms with Gasteiger partial charge < -0.3 is 4.74 Å². The van der Waals surface area contributed by atoms with Gasteiger partial charge in [0.1, 0.15) is 6.10 Å². The maximum Gasteiger partial charge on any atom is 0.338 e.